The van der Waals surface area contributed by atoms with Crippen LogP contribution in [0.5, 0.6) is 5.88 Å². The number of carbonyl (C=O) groups is 2. The summed E-state index contributed by atoms with van der Waals surface area (Å²) in [6.45, 7) is 0.247. The van der Waals surface area contributed by atoms with E-state index in [4.69, 9.17) is 4.74 Å². The standard InChI is InChI=1S/C25H27N3O3/c29-23(15-19-9-5-8-18-7-1-4-13-22(18)19)28-17-24(30)27-16-20-10-6-14-26-25(20)31-21-11-2-3-12-21/h1,4-10,13-14,21H,2-3,11-12,15-17H2,(H,27,30)(H,28,29). The molecule has 1 fully saturated rings. The van der Waals surface area contributed by atoms with Crippen LogP contribution in [0, 0.1) is 0 Å². The van der Waals surface area contributed by atoms with Crippen molar-refractivity contribution in [2.45, 2.75) is 44.8 Å². The Morgan fingerprint density at radius 3 is 2.55 bits per heavy atom. The number of hydrogen-bond donors (Lipinski definition) is 2. The van der Waals surface area contributed by atoms with Crippen LogP contribution < -0.4 is 15.4 Å². The minimum absolute atomic E-state index is 0.0668. The molecule has 0 radical (unpaired) electrons. The summed E-state index contributed by atoms with van der Waals surface area (Å²) >= 11 is 0. The van der Waals surface area contributed by atoms with Gasteiger partial charge in [-0.25, -0.2) is 4.98 Å². The van der Waals surface area contributed by atoms with Gasteiger partial charge in [-0.2, -0.15) is 0 Å². The van der Waals surface area contributed by atoms with E-state index in [9.17, 15) is 9.59 Å². The highest BCUT2D eigenvalue weighted by atomic mass is 16.5. The van der Waals surface area contributed by atoms with Gasteiger partial charge in [0.2, 0.25) is 17.7 Å². The van der Waals surface area contributed by atoms with Crippen molar-refractivity contribution in [1.29, 1.82) is 0 Å². The van der Waals surface area contributed by atoms with E-state index in [0.717, 1.165) is 34.7 Å². The molecule has 1 aliphatic carbocycles. The average molecular weight is 418 g/mol. The zero-order chi connectivity index (χ0) is 21.5. The van der Waals surface area contributed by atoms with Gasteiger partial charge < -0.3 is 15.4 Å². The lowest BCUT2D eigenvalue weighted by Crippen LogP contribution is -2.37. The van der Waals surface area contributed by atoms with E-state index in [1.165, 1.54) is 12.8 Å². The average Bonchev–Trinajstić information content (AvgIpc) is 3.30. The second-order valence-corrected chi connectivity index (χ2v) is 7.86. The molecular weight excluding hydrogens is 390 g/mol. The summed E-state index contributed by atoms with van der Waals surface area (Å²) in [7, 11) is 0. The molecule has 160 valence electrons. The Labute approximate surface area is 182 Å². The van der Waals surface area contributed by atoms with Gasteiger partial charge in [-0.15, -0.1) is 0 Å². The van der Waals surface area contributed by atoms with E-state index < -0.39 is 0 Å². The molecule has 1 aliphatic rings. The van der Waals surface area contributed by atoms with Gasteiger partial charge in [0.05, 0.1) is 13.0 Å². The number of nitrogens with zero attached hydrogens (tertiary/aromatic N) is 1. The number of benzene rings is 2. The number of hydrogen-bond acceptors (Lipinski definition) is 4. The van der Waals surface area contributed by atoms with Crippen LogP contribution in [-0.2, 0) is 22.6 Å². The Kier molecular flexibility index (Phi) is 6.77. The fraction of sp³-hybridized carbons (Fsp3) is 0.320. The van der Waals surface area contributed by atoms with Crippen LogP contribution in [0.4, 0.5) is 0 Å². The Hall–Kier alpha value is -3.41. The first kappa shape index (κ1) is 20.8. The smallest absolute Gasteiger partial charge is 0.239 e. The third kappa shape index (κ3) is 5.60. The van der Waals surface area contributed by atoms with Crippen LogP contribution in [0.3, 0.4) is 0 Å². The second-order valence-electron chi connectivity index (χ2n) is 7.86. The molecule has 0 unspecified atom stereocenters. The molecule has 2 aromatic carbocycles. The maximum absolute atomic E-state index is 12.4. The lowest BCUT2D eigenvalue weighted by molar-refractivity contribution is -0.125. The summed E-state index contributed by atoms with van der Waals surface area (Å²) in [5.41, 5.74) is 1.78. The van der Waals surface area contributed by atoms with Crippen LogP contribution in [0.1, 0.15) is 36.8 Å². The molecule has 1 saturated carbocycles. The highest BCUT2D eigenvalue weighted by Crippen LogP contribution is 2.25. The van der Waals surface area contributed by atoms with E-state index in [-0.39, 0.29) is 30.9 Å². The summed E-state index contributed by atoms with van der Waals surface area (Å²) in [6, 6.07) is 17.6. The first-order chi connectivity index (χ1) is 15.2. The molecule has 2 amide bonds. The third-order valence-corrected chi connectivity index (χ3v) is 5.58. The number of pyridine rings is 1. The van der Waals surface area contributed by atoms with E-state index in [2.05, 4.69) is 15.6 Å². The quantitative estimate of drug-likeness (QED) is 0.588. The minimum Gasteiger partial charge on any atom is -0.474 e. The SMILES string of the molecule is O=C(CNC(=O)Cc1cccc2ccccc12)NCc1cccnc1OC1CCCC1. The summed E-state index contributed by atoms with van der Waals surface area (Å²) in [4.78, 5) is 28.9. The van der Waals surface area contributed by atoms with E-state index in [0.29, 0.717) is 12.4 Å². The Bertz CT molecular complexity index is 1060. The van der Waals surface area contributed by atoms with Crippen molar-refractivity contribution >= 4 is 22.6 Å². The monoisotopic (exact) mass is 417 g/mol. The van der Waals surface area contributed by atoms with Gasteiger partial charge in [0.15, 0.2) is 0 Å². The van der Waals surface area contributed by atoms with Crippen LogP contribution in [0.2, 0.25) is 0 Å². The molecule has 6 nitrogen and oxygen atoms in total. The van der Waals surface area contributed by atoms with E-state index in [1.807, 2.05) is 54.6 Å². The van der Waals surface area contributed by atoms with Crippen molar-refractivity contribution < 1.29 is 14.3 Å². The summed E-state index contributed by atoms with van der Waals surface area (Å²) in [5, 5.41) is 7.69. The van der Waals surface area contributed by atoms with Crippen molar-refractivity contribution in [3.05, 3.63) is 71.9 Å². The molecule has 1 heterocycles. The van der Waals surface area contributed by atoms with Crippen molar-refractivity contribution in [3.63, 3.8) is 0 Å². The van der Waals surface area contributed by atoms with Crippen molar-refractivity contribution in [2.24, 2.45) is 0 Å². The minimum atomic E-state index is -0.248. The molecule has 0 saturated heterocycles. The van der Waals surface area contributed by atoms with Gasteiger partial charge >= 0.3 is 0 Å². The number of amides is 2. The number of rotatable bonds is 8. The lowest BCUT2D eigenvalue weighted by Gasteiger charge is -2.15. The zero-order valence-corrected chi connectivity index (χ0v) is 17.5. The maximum atomic E-state index is 12.4. The largest absolute Gasteiger partial charge is 0.474 e. The van der Waals surface area contributed by atoms with Gasteiger partial charge in [0.1, 0.15) is 6.10 Å². The lowest BCUT2D eigenvalue weighted by atomic mass is 10.0. The molecule has 0 atom stereocenters. The van der Waals surface area contributed by atoms with Gasteiger partial charge in [-0.3, -0.25) is 9.59 Å². The van der Waals surface area contributed by atoms with Crippen LogP contribution in [-0.4, -0.2) is 29.4 Å². The van der Waals surface area contributed by atoms with Crippen molar-refractivity contribution in [1.82, 2.24) is 15.6 Å². The fourth-order valence-electron chi connectivity index (χ4n) is 3.95. The molecule has 1 aromatic heterocycles. The number of carbonyl (C=O) groups excluding carboxylic acids is 2. The Morgan fingerprint density at radius 2 is 1.68 bits per heavy atom. The van der Waals surface area contributed by atoms with Crippen molar-refractivity contribution in [3.8, 4) is 5.88 Å². The van der Waals surface area contributed by atoms with Crippen LogP contribution >= 0.6 is 0 Å². The molecule has 31 heavy (non-hydrogen) atoms. The predicted molar refractivity (Wildman–Crippen MR) is 120 cm³/mol. The van der Waals surface area contributed by atoms with Gasteiger partial charge in [0, 0.05) is 18.3 Å². The van der Waals surface area contributed by atoms with Gasteiger partial charge in [0.25, 0.3) is 0 Å². The highest BCUT2D eigenvalue weighted by Gasteiger charge is 2.18. The Balaban J connectivity index is 1.26. The number of ether oxygens (including phenoxy) is 1. The van der Waals surface area contributed by atoms with Gasteiger partial charge in [-0.1, -0.05) is 48.5 Å². The highest BCUT2D eigenvalue weighted by molar-refractivity contribution is 5.91. The number of aromatic nitrogens is 1. The van der Waals surface area contributed by atoms with E-state index >= 15 is 0 Å². The molecule has 4 rings (SSSR count). The topological polar surface area (TPSA) is 80.3 Å². The molecule has 0 bridgehead atoms. The van der Waals surface area contributed by atoms with Crippen molar-refractivity contribution in [2.75, 3.05) is 6.54 Å². The fourth-order valence-corrected chi connectivity index (χ4v) is 3.95. The van der Waals surface area contributed by atoms with Crippen LogP contribution in [0.15, 0.2) is 60.8 Å². The summed E-state index contributed by atoms with van der Waals surface area (Å²) < 4.78 is 6.01. The Morgan fingerprint density at radius 1 is 0.903 bits per heavy atom. The summed E-state index contributed by atoms with van der Waals surface area (Å²) in [5.74, 6) is 0.148. The second kappa shape index (κ2) is 10.1. The van der Waals surface area contributed by atoms with E-state index in [1.54, 1.807) is 6.20 Å². The predicted octanol–water partition coefficient (Wildman–Crippen LogP) is 3.53. The summed E-state index contributed by atoms with van der Waals surface area (Å²) in [6.07, 6.45) is 6.60. The van der Waals surface area contributed by atoms with Gasteiger partial charge in [-0.05, 0) is 48.1 Å². The normalized spacial score (nSPS) is 13.8. The number of fused-ring (bicyclic) bond motifs is 1. The zero-order valence-electron chi connectivity index (χ0n) is 17.5. The molecular formula is C25H27N3O3. The molecule has 3 aromatic rings. The number of nitrogens with one attached hydrogen (secondary N) is 2. The first-order valence-electron chi connectivity index (χ1n) is 10.8. The molecule has 6 heteroatoms. The third-order valence-electron chi connectivity index (χ3n) is 5.58. The van der Waals surface area contributed by atoms with Crippen LogP contribution in [0.25, 0.3) is 10.8 Å². The molecule has 0 aliphatic heterocycles. The molecule has 2 N–H and O–H groups in total. The first-order valence-corrected chi connectivity index (χ1v) is 10.8. The maximum Gasteiger partial charge on any atom is 0.239 e. The molecule has 0 spiro atoms.